The van der Waals surface area contributed by atoms with E-state index in [-0.39, 0.29) is 13.4 Å². The van der Waals surface area contributed by atoms with Crippen LogP contribution in [0.3, 0.4) is 0 Å². The van der Waals surface area contributed by atoms with Crippen molar-refractivity contribution < 1.29 is 9.53 Å². The zero-order valence-corrected chi connectivity index (χ0v) is 7.55. The Morgan fingerprint density at radius 3 is 2.31 bits per heavy atom. The summed E-state index contributed by atoms with van der Waals surface area (Å²) in [6.45, 7) is 5.41. The number of carbonyl (C=O) groups excluding carboxylic acids is 1. The predicted molar refractivity (Wildman–Crippen MR) is 54.0 cm³/mol. The second-order valence-electron chi connectivity index (χ2n) is 2.84. The molecule has 1 aromatic carbocycles. The molecule has 72 valence electrons. The van der Waals surface area contributed by atoms with Gasteiger partial charge in [-0.25, -0.2) is 0 Å². The molecule has 0 aliphatic carbocycles. The fourth-order valence-corrected chi connectivity index (χ4v) is 0.943. The third kappa shape index (κ3) is 3.28. The van der Waals surface area contributed by atoms with Gasteiger partial charge < -0.3 is 4.74 Å². The molecule has 0 atom stereocenters. The Kier molecular flexibility index (Phi) is 4.18. The summed E-state index contributed by atoms with van der Waals surface area (Å²) in [5.74, 6) is 0.337. The first-order valence-corrected chi connectivity index (χ1v) is 3.85. The van der Waals surface area contributed by atoms with Crippen LogP contribution in [0.5, 0.6) is 5.75 Å². The molecule has 1 aromatic rings. The summed E-state index contributed by atoms with van der Waals surface area (Å²) < 4.78 is 4.91. The van der Waals surface area contributed by atoms with Crippen LogP contribution in [0.1, 0.15) is 25.5 Å². The van der Waals surface area contributed by atoms with Crippen molar-refractivity contribution in [3.63, 3.8) is 0 Å². The van der Waals surface area contributed by atoms with E-state index < -0.39 is 0 Å². The third-order valence-corrected chi connectivity index (χ3v) is 1.74. The molecule has 0 saturated carbocycles. The molecule has 0 aromatic heterocycles. The van der Waals surface area contributed by atoms with Crippen molar-refractivity contribution in [2.75, 3.05) is 0 Å². The lowest BCUT2D eigenvalue weighted by Crippen LogP contribution is -2.01. The van der Waals surface area contributed by atoms with Gasteiger partial charge in [-0.15, -0.1) is 0 Å². The molecule has 0 aliphatic rings. The maximum atomic E-state index is 10.6. The highest BCUT2D eigenvalue weighted by atomic mass is 16.5. The summed E-state index contributed by atoms with van der Waals surface area (Å²) in [6, 6.07) is 5.59. The van der Waals surface area contributed by atoms with Crippen LogP contribution in [0, 0.1) is 13.8 Å². The van der Waals surface area contributed by atoms with Gasteiger partial charge in [-0.1, -0.05) is 13.5 Å². The van der Waals surface area contributed by atoms with Crippen molar-refractivity contribution in [2.45, 2.75) is 28.2 Å². The lowest BCUT2D eigenvalue weighted by molar-refractivity contribution is -0.131. The van der Waals surface area contributed by atoms with E-state index in [1.165, 1.54) is 12.5 Å². The van der Waals surface area contributed by atoms with Gasteiger partial charge in [-0.2, -0.15) is 0 Å². The third-order valence-electron chi connectivity index (χ3n) is 1.74. The molecule has 0 amide bonds. The molecule has 2 heteroatoms. The zero-order valence-electron chi connectivity index (χ0n) is 7.55. The minimum atomic E-state index is -0.279. The van der Waals surface area contributed by atoms with E-state index >= 15 is 0 Å². The van der Waals surface area contributed by atoms with E-state index in [4.69, 9.17) is 4.74 Å². The lowest BCUT2D eigenvalue weighted by atomic mass is 10.1. The van der Waals surface area contributed by atoms with E-state index in [1.54, 1.807) is 6.07 Å². The Morgan fingerprint density at radius 2 is 1.85 bits per heavy atom. The van der Waals surface area contributed by atoms with Gasteiger partial charge in [0.2, 0.25) is 0 Å². The minimum Gasteiger partial charge on any atom is -0.427 e. The molecule has 0 heterocycles. The highest BCUT2D eigenvalue weighted by Crippen LogP contribution is 2.16. The van der Waals surface area contributed by atoms with Crippen LogP contribution < -0.4 is 4.74 Å². The largest absolute Gasteiger partial charge is 0.427 e. The number of benzene rings is 1. The van der Waals surface area contributed by atoms with Crippen LogP contribution >= 0.6 is 0 Å². The molecule has 0 N–H and O–H groups in total. The lowest BCUT2D eigenvalue weighted by Gasteiger charge is -2.03. The van der Waals surface area contributed by atoms with Gasteiger partial charge in [-0.3, -0.25) is 4.79 Å². The number of esters is 1. The quantitative estimate of drug-likeness (QED) is 0.490. The molecule has 0 radical (unpaired) electrons. The first-order chi connectivity index (χ1) is 5.59. The molecule has 0 bridgehead atoms. The highest BCUT2D eigenvalue weighted by Gasteiger charge is 1.98. The van der Waals surface area contributed by atoms with Gasteiger partial charge in [0.15, 0.2) is 0 Å². The Hall–Kier alpha value is -1.31. The van der Waals surface area contributed by atoms with Crippen LogP contribution in [0.4, 0.5) is 0 Å². The van der Waals surface area contributed by atoms with E-state index in [2.05, 4.69) is 0 Å². The fourth-order valence-electron chi connectivity index (χ4n) is 0.943. The first-order valence-electron chi connectivity index (χ1n) is 3.85. The highest BCUT2D eigenvalue weighted by molar-refractivity contribution is 5.69. The van der Waals surface area contributed by atoms with Gasteiger partial charge >= 0.3 is 5.97 Å². The van der Waals surface area contributed by atoms with E-state index in [9.17, 15) is 4.79 Å². The number of ether oxygens (including phenoxy) is 1. The summed E-state index contributed by atoms with van der Waals surface area (Å²) in [4.78, 5) is 10.6. The van der Waals surface area contributed by atoms with Gasteiger partial charge in [0.05, 0.1) is 0 Å². The maximum absolute atomic E-state index is 10.6. The fraction of sp³-hybridized carbons (Fsp3) is 0.364. The summed E-state index contributed by atoms with van der Waals surface area (Å²) >= 11 is 0. The average molecular weight is 180 g/mol. The van der Waals surface area contributed by atoms with Crippen LogP contribution in [0.15, 0.2) is 18.2 Å². The first kappa shape index (κ1) is 11.7. The number of hydrogen-bond acceptors (Lipinski definition) is 2. The molecule has 0 spiro atoms. The monoisotopic (exact) mass is 180 g/mol. The van der Waals surface area contributed by atoms with Gasteiger partial charge in [-0.05, 0) is 37.1 Å². The minimum absolute atomic E-state index is 0. The average Bonchev–Trinajstić information content (AvgIpc) is 1.96. The number of hydrogen-bond donors (Lipinski definition) is 0. The van der Waals surface area contributed by atoms with Crippen molar-refractivity contribution in [1.82, 2.24) is 0 Å². The number of carbonyl (C=O) groups is 1. The van der Waals surface area contributed by atoms with Crippen molar-refractivity contribution >= 4 is 5.97 Å². The number of aryl methyl sites for hydroxylation is 2. The molecule has 13 heavy (non-hydrogen) atoms. The van der Waals surface area contributed by atoms with Gasteiger partial charge in [0.25, 0.3) is 0 Å². The van der Waals surface area contributed by atoms with Crippen molar-refractivity contribution in [3.05, 3.63) is 29.3 Å². The Labute approximate surface area is 79.5 Å². The van der Waals surface area contributed by atoms with Gasteiger partial charge in [0, 0.05) is 6.92 Å². The van der Waals surface area contributed by atoms with Crippen molar-refractivity contribution in [1.29, 1.82) is 0 Å². The molecular formula is C11H16O2. The second-order valence-corrected chi connectivity index (χ2v) is 2.84. The summed E-state index contributed by atoms with van der Waals surface area (Å²) in [5, 5.41) is 0. The SMILES string of the molecule is C.CC(=O)Oc1ccc(C)c(C)c1. The molecule has 0 unspecified atom stereocenters. The van der Waals surface area contributed by atoms with E-state index in [0.29, 0.717) is 5.75 Å². The second kappa shape index (κ2) is 4.65. The van der Waals surface area contributed by atoms with E-state index in [1.807, 2.05) is 26.0 Å². The Balaban J connectivity index is 0.00000144. The van der Waals surface area contributed by atoms with Crippen LogP contribution in [0.25, 0.3) is 0 Å². The Bertz CT molecular complexity index is 303. The summed E-state index contributed by atoms with van der Waals surface area (Å²) in [7, 11) is 0. The zero-order chi connectivity index (χ0) is 9.14. The van der Waals surface area contributed by atoms with Crippen LogP contribution in [0.2, 0.25) is 0 Å². The number of rotatable bonds is 1. The molecular weight excluding hydrogens is 164 g/mol. The van der Waals surface area contributed by atoms with E-state index in [0.717, 1.165) is 5.56 Å². The summed E-state index contributed by atoms with van der Waals surface area (Å²) in [6.07, 6.45) is 0. The predicted octanol–water partition coefficient (Wildman–Crippen LogP) is 2.86. The maximum Gasteiger partial charge on any atom is 0.308 e. The molecule has 0 saturated heterocycles. The molecule has 1 rings (SSSR count). The normalized spacial score (nSPS) is 8.85. The smallest absolute Gasteiger partial charge is 0.308 e. The van der Waals surface area contributed by atoms with Crippen molar-refractivity contribution in [2.24, 2.45) is 0 Å². The van der Waals surface area contributed by atoms with Crippen LogP contribution in [-0.4, -0.2) is 5.97 Å². The van der Waals surface area contributed by atoms with Gasteiger partial charge in [0.1, 0.15) is 5.75 Å². The van der Waals surface area contributed by atoms with Crippen molar-refractivity contribution in [3.8, 4) is 5.75 Å². The van der Waals surface area contributed by atoms with Crippen LogP contribution in [-0.2, 0) is 4.79 Å². The molecule has 0 fully saturated rings. The molecule has 2 nitrogen and oxygen atoms in total. The molecule has 0 aliphatic heterocycles. The Morgan fingerprint density at radius 1 is 1.23 bits per heavy atom. The standard InChI is InChI=1S/C10H12O2.CH4/c1-7-4-5-10(6-8(7)2)12-9(3)11;/h4-6H,1-3H3;1H4. The topological polar surface area (TPSA) is 26.3 Å². The summed E-state index contributed by atoms with van der Waals surface area (Å²) in [5.41, 5.74) is 2.33.